The van der Waals surface area contributed by atoms with E-state index in [1.165, 1.54) is 0 Å². The number of carbonyl (C=O) groups excluding carboxylic acids is 1. The molecular formula is C22H24FNO3. The Bertz CT molecular complexity index is 857. The van der Waals surface area contributed by atoms with Gasteiger partial charge in [-0.15, -0.1) is 0 Å². The zero-order valence-electron chi connectivity index (χ0n) is 15.6. The largest absolute Gasteiger partial charge is 0.508 e. The van der Waals surface area contributed by atoms with Gasteiger partial charge in [0.25, 0.3) is 0 Å². The third-order valence-electron chi connectivity index (χ3n) is 4.62. The smallest absolute Gasteiger partial charge is 0.335 e. The number of halogens is 1. The number of alkyl halides is 1. The number of phenols is 1. The van der Waals surface area contributed by atoms with Crippen LogP contribution in [0, 0.1) is 0 Å². The van der Waals surface area contributed by atoms with Gasteiger partial charge in [-0.25, -0.2) is 9.18 Å². The van der Waals surface area contributed by atoms with Gasteiger partial charge < -0.3 is 9.84 Å². The summed E-state index contributed by atoms with van der Waals surface area (Å²) in [5.74, 6) is 0.0923. The van der Waals surface area contributed by atoms with Crippen LogP contribution < -0.4 is 4.74 Å². The van der Waals surface area contributed by atoms with E-state index in [4.69, 9.17) is 4.74 Å². The molecule has 0 saturated carbocycles. The molecule has 142 valence electrons. The summed E-state index contributed by atoms with van der Waals surface area (Å²) in [5.41, 5.74) is 1.39. The lowest BCUT2D eigenvalue weighted by Crippen LogP contribution is -2.43. The standard InChI is InChI=1S/C22H24FNO3/c1-4-20(26)27-19-8-6-5-7-18(19)21-17-10-9-16(25)13-15(17)11-12-24(21)14-22(2,3)23/h4-10,13,21,25H,1,11-12,14H2,2-3H3. The Morgan fingerprint density at radius 2 is 2.07 bits per heavy atom. The molecule has 1 atom stereocenters. The first-order chi connectivity index (χ1) is 12.8. The van der Waals surface area contributed by atoms with Crippen LogP contribution in [0.2, 0.25) is 0 Å². The molecule has 5 heteroatoms. The molecule has 0 bridgehead atoms. The lowest BCUT2D eigenvalue weighted by molar-refractivity contribution is -0.129. The lowest BCUT2D eigenvalue weighted by Gasteiger charge is -2.40. The second-order valence-electron chi connectivity index (χ2n) is 7.39. The van der Waals surface area contributed by atoms with E-state index in [0.717, 1.165) is 22.8 Å². The van der Waals surface area contributed by atoms with Gasteiger partial charge in [-0.05, 0) is 49.6 Å². The summed E-state index contributed by atoms with van der Waals surface area (Å²) in [4.78, 5) is 13.8. The van der Waals surface area contributed by atoms with Crippen molar-refractivity contribution in [3.63, 3.8) is 0 Å². The molecule has 2 aromatic carbocycles. The average Bonchev–Trinajstić information content (AvgIpc) is 2.61. The molecule has 1 N–H and O–H groups in total. The highest BCUT2D eigenvalue weighted by Gasteiger charge is 2.34. The Labute approximate surface area is 158 Å². The summed E-state index contributed by atoms with van der Waals surface area (Å²) in [6.45, 7) is 7.43. The fourth-order valence-corrected chi connectivity index (χ4v) is 3.63. The molecule has 3 rings (SSSR count). The molecule has 2 aromatic rings. The molecule has 0 saturated heterocycles. The number of hydrogen-bond donors (Lipinski definition) is 1. The van der Waals surface area contributed by atoms with Crippen LogP contribution in [0.25, 0.3) is 0 Å². The fourth-order valence-electron chi connectivity index (χ4n) is 3.63. The van der Waals surface area contributed by atoms with Gasteiger partial charge in [-0.3, -0.25) is 4.90 Å². The maximum absolute atomic E-state index is 14.5. The van der Waals surface area contributed by atoms with Crippen molar-refractivity contribution in [2.24, 2.45) is 0 Å². The fraction of sp³-hybridized carbons (Fsp3) is 0.318. The van der Waals surface area contributed by atoms with Crippen molar-refractivity contribution in [2.75, 3.05) is 13.1 Å². The van der Waals surface area contributed by atoms with Gasteiger partial charge >= 0.3 is 5.97 Å². The Kier molecular flexibility index (Phi) is 5.33. The summed E-state index contributed by atoms with van der Waals surface area (Å²) in [5, 5.41) is 9.85. The predicted molar refractivity (Wildman–Crippen MR) is 103 cm³/mol. The van der Waals surface area contributed by atoms with Crippen molar-refractivity contribution >= 4 is 5.97 Å². The first-order valence-corrected chi connectivity index (χ1v) is 8.96. The quantitative estimate of drug-likeness (QED) is 0.488. The molecule has 27 heavy (non-hydrogen) atoms. The number of para-hydroxylation sites is 1. The molecule has 0 aromatic heterocycles. The maximum Gasteiger partial charge on any atom is 0.335 e. The van der Waals surface area contributed by atoms with Crippen molar-refractivity contribution < 1.29 is 19.0 Å². The highest BCUT2D eigenvalue weighted by Crippen LogP contribution is 2.41. The van der Waals surface area contributed by atoms with Crippen molar-refractivity contribution in [2.45, 2.75) is 32.0 Å². The van der Waals surface area contributed by atoms with Crippen molar-refractivity contribution in [3.05, 3.63) is 71.8 Å². The number of rotatable bonds is 5. The number of phenolic OH excluding ortho intramolecular Hbond substituents is 1. The normalized spacial score (nSPS) is 17.2. The van der Waals surface area contributed by atoms with E-state index in [2.05, 4.69) is 11.5 Å². The topological polar surface area (TPSA) is 49.8 Å². The molecule has 1 heterocycles. The molecular weight excluding hydrogens is 345 g/mol. The van der Waals surface area contributed by atoms with Crippen LogP contribution in [-0.4, -0.2) is 34.7 Å². The summed E-state index contributed by atoms with van der Waals surface area (Å²) in [6, 6.07) is 12.2. The number of benzene rings is 2. The van der Waals surface area contributed by atoms with E-state index in [0.29, 0.717) is 18.7 Å². The first kappa shape index (κ1) is 19.1. The number of esters is 1. The number of aromatic hydroxyl groups is 1. The number of carbonyl (C=O) groups is 1. The van der Waals surface area contributed by atoms with Crippen molar-refractivity contribution in [1.82, 2.24) is 4.90 Å². The Hall–Kier alpha value is -2.66. The summed E-state index contributed by atoms with van der Waals surface area (Å²) in [6.07, 6.45) is 1.83. The number of ether oxygens (including phenoxy) is 1. The minimum absolute atomic E-state index is 0.207. The van der Waals surface area contributed by atoms with Gasteiger partial charge in [-0.2, -0.15) is 0 Å². The molecule has 4 nitrogen and oxygen atoms in total. The van der Waals surface area contributed by atoms with Gasteiger partial charge in [-0.1, -0.05) is 30.8 Å². The third kappa shape index (κ3) is 4.37. The molecule has 0 spiro atoms. The SMILES string of the molecule is C=CC(=O)Oc1ccccc1C1c2ccc(O)cc2CCN1CC(C)(C)F. The molecule has 0 radical (unpaired) electrons. The lowest BCUT2D eigenvalue weighted by atomic mass is 9.87. The summed E-state index contributed by atoms with van der Waals surface area (Å²) < 4.78 is 19.9. The highest BCUT2D eigenvalue weighted by molar-refractivity contribution is 5.83. The molecule has 0 fully saturated rings. The second kappa shape index (κ2) is 7.53. The van der Waals surface area contributed by atoms with Gasteiger partial charge in [0, 0.05) is 24.7 Å². The zero-order valence-corrected chi connectivity index (χ0v) is 15.6. The zero-order chi connectivity index (χ0) is 19.6. The first-order valence-electron chi connectivity index (χ1n) is 8.96. The maximum atomic E-state index is 14.5. The number of nitrogens with zero attached hydrogens (tertiary/aromatic N) is 1. The minimum Gasteiger partial charge on any atom is -0.508 e. The van der Waals surface area contributed by atoms with E-state index in [1.807, 2.05) is 18.2 Å². The average molecular weight is 369 g/mol. The van der Waals surface area contributed by atoms with E-state index in [9.17, 15) is 14.3 Å². The van der Waals surface area contributed by atoms with E-state index in [-0.39, 0.29) is 18.3 Å². The molecule has 1 aliphatic heterocycles. The van der Waals surface area contributed by atoms with Crippen LogP contribution in [-0.2, 0) is 11.2 Å². The van der Waals surface area contributed by atoms with Crippen LogP contribution in [0.15, 0.2) is 55.1 Å². The van der Waals surface area contributed by atoms with Crippen LogP contribution >= 0.6 is 0 Å². The van der Waals surface area contributed by atoms with Crippen molar-refractivity contribution in [3.8, 4) is 11.5 Å². The van der Waals surface area contributed by atoms with E-state index in [1.54, 1.807) is 38.1 Å². The highest BCUT2D eigenvalue weighted by atomic mass is 19.1. The predicted octanol–water partition coefficient (Wildman–Crippen LogP) is 4.18. The Morgan fingerprint density at radius 1 is 1.33 bits per heavy atom. The summed E-state index contributed by atoms with van der Waals surface area (Å²) >= 11 is 0. The van der Waals surface area contributed by atoms with Crippen LogP contribution in [0.4, 0.5) is 4.39 Å². The van der Waals surface area contributed by atoms with Crippen LogP contribution in [0.5, 0.6) is 11.5 Å². The van der Waals surface area contributed by atoms with Crippen LogP contribution in [0.1, 0.15) is 36.6 Å². The minimum atomic E-state index is -1.38. The molecule has 0 amide bonds. The molecule has 0 aliphatic carbocycles. The molecule has 1 aliphatic rings. The molecule has 1 unspecified atom stereocenters. The van der Waals surface area contributed by atoms with E-state index < -0.39 is 11.6 Å². The van der Waals surface area contributed by atoms with Gasteiger partial charge in [0.2, 0.25) is 0 Å². The van der Waals surface area contributed by atoms with Gasteiger partial charge in [0.05, 0.1) is 6.04 Å². The van der Waals surface area contributed by atoms with Gasteiger partial charge in [0.15, 0.2) is 0 Å². The number of fused-ring (bicyclic) bond motifs is 1. The monoisotopic (exact) mass is 369 g/mol. The number of hydrogen-bond acceptors (Lipinski definition) is 4. The Balaban J connectivity index is 2.11. The second-order valence-corrected chi connectivity index (χ2v) is 7.39. The van der Waals surface area contributed by atoms with Crippen LogP contribution in [0.3, 0.4) is 0 Å². The summed E-state index contributed by atoms with van der Waals surface area (Å²) in [7, 11) is 0. The third-order valence-corrected chi connectivity index (χ3v) is 4.62. The van der Waals surface area contributed by atoms with Gasteiger partial charge in [0.1, 0.15) is 17.2 Å². The van der Waals surface area contributed by atoms with Crippen molar-refractivity contribution in [1.29, 1.82) is 0 Å². The Morgan fingerprint density at radius 3 is 2.78 bits per heavy atom. The van der Waals surface area contributed by atoms with E-state index >= 15 is 0 Å².